The fraction of sp³-hybridized carbons (Fsp3) is 0.429. The van der Waals surface area contributed by atoms with Gasteiger partial charge in [-0.1, -0.05) is 51.0 Å². The molecule has 0 aliphatic heterocycles. The fourth-order valence-electron chi connectivity index (χ4n) is 1.36. The molecule has 1 rings (SSSR count). The number of hydrogen-bond donors (Lipinski definition) is 0. The smallest absolute Gasteiger partial charge is 0.107 e. The number of ether oxygens (including phenoxy) is 1. The van der Waals surface area contributed by atoms with Gasteiger partial charge >= 0.3 is 0 Å². The molecule has 1 heteroatoms. The van der Waals surface area contributed by atoms with Crippen molar-refractivity contribution in [2.45, 2.75) is 32.8 Å². The minimum absolute atomic E-state index is 0.183. The van der Waals surface area contributed by atoms with E-state index >= 15 is 0 Å². The molecule has 0 radical (unpaired) electrons. The highest BCUT2D eigenvalue weighted by Crippen LogP contribution is 2.22. The summed E-state index contributed by atoms with van der Waals surface area (Å²) in [4.78, 5) is 0. The maximum Gasteiger partial charge on any atom is 0.107 e. The minimum atomic E-state index is 0.183. The maximum absolute atomic E-state index is 5.30. The molecule has 0 spiro atoms. The van der Waals surface area contributed by atoms with Crippen LogP contribution in [0.2, 0.25) is 0 Å². The quantitative estimate of drug-likeness (QED) is 0.540. The zero-order valence-electron chi connectivity index (χ0n) is 9.71. The van der Waals surface area contributed by atoms with E-state index in [4.69, 9.17) is 11.2 Å². The van der Waals surface area contributed by atoms with Crippen molar-refractivity contribution in [3.8, 4) is 12.3 Å². The molecule has 0 aliphatic rings. The van der Waals surface area contributed by atoms with Gasteiger partial charge in [-0.2, -0.15) is 0 Å². The molecule has 1 nitrogen and oxygen atoms in total. The molecular weight excluding hydrogens is 184 g/mol. The predicted octanol–water partition coefficient (Wildman–Crippen LogP) is 3.13. The molecular formula is C14H18O. The van der Waals surface area contributed by atoms with Gasteiger partial charge in [-0.25, -0.2) is 0 Å². The van der Waals surface area contributed by atoms with Crippen molar-refractivity contribution in [1.29, 1.82) is 0 Å². The van der Waals surface area contributed by atoms with Gasteiger partial charge in [0.25, 0.3) is 0 Å². The van der Waals surface area contributed by atoms with E-state index in [0.717, 1.165) is 0 Å². The van der Waals surface area contributed by atoms with Gasteiger partial charge in [0, 0.05) is 0 Å². The van der Waals surface area contributed by atoms with Gasteiger partial charge in [0.1, 0.15) is 6.61 Å². The van der Waals surface area contributed by atoms with E-state index < -0.39 is 0 Å². The second kappa shape index (κ2) is 5.00. The minimum Gasteiger partial charge on any atom is -0.364 e. The summed E-state index contributed by atoms with van der Waals surface area (Å²) in [6.45, 7) is 7.57. The van der Waals surface area contributed by atoms with Crippen LogP contribution in [0.25, 0.3) is 0 Å². The standard InChI is InChI=1S/C14H18O/c1-5-9-15-11-12-7-6-8-13(10-12)14(2,3)4/h1,6-8,10H,9,11H2,2-4H3. The van der Waals surface area contributed by atoms with Crippen molar-refractivity contribution in [3.63, 3.8) is 0 Å². The Morgan fingerprint density at radius 3 is 2.67 bits per heavy atom. The van der Waals surface area contributed by atoms with Crippen LogP contribution in [-0.2, 0) is 16.8 Å². The Labute approximate surface area is 92.5 Å². The topological polar surface area (TPSA) is 9.23 Å². The van der Waals surface area contributed by atoms with Crippen molar-refractivity contribution in [2.75, 3.05) is 6.61 Å². The summed E-state index contributed by atoms with van der Waals surface area (Å²) in [5, 5.41) is 0. The predicted molar refractivity (Wildman–Crippen MR) is 63.6 cm³/mol. The van der Waals surface area contributed by atoms with Crippen LogP contribution in [0.5, 0.6) is 0 Å². The summed E-state index contributed by atoms with van der Waals surface area (Å²) in [5.41, 5.74) is 2.68. The highest BCUT2D eigenvalue weighted by molar-refractivity contribution is 5.28. The van der Waals surface area contributed by atoms with Crippen LogP contribution in [0.15, 0.2) is 24.3 Å². The monoisotopic (exact) mass is 202 g/mol. The van der Waals surface area contributed by atoms with Gasteiger partial charge in [-0.05, 0) is 16.5 Å². The molecule has 0 N–H and O–H groups in total. The van der Waals surface area contributed by atoms with E-state index in [9.17, 15) is 0 Å². The molecule has 80 valence electrons. The molecule has 0 bridgehead atoms. The zero-order chi connectivity index (χ0) is 11.3. The highest BCUT2D eigenvalue weighted by Gasteiger charge is 2.13. The molecule has 0 aliphatic carbocycles. The zero-order valence-corrected chi connectivity index (χ0v) is 9.71. The molecule has 0 saturated carbocycles. The number of rotatable bonds is 3. The number of terminal acetylenes is 1. The van der Waals surface area contributed by atoms with E-state index in [1.54, 1.807) is 0 Å². The van der Waals surface area contributed by atoms with Crippen LogP contribution in [0, 0.1) is 12.3 Å². The lowest BCUT2D eigenvalue weighted by molar-refractivity contribution is 0.153. The Kier molecular flexibility index (Phi) is 3.94. The Morgan fingerprint density at radius 2 is 2.07 bits per heavy atom. The molecule has 0 fully saturated rings. The van der Waals surface area contributed by atoms with Crippen LogP contribution in [0.4, 0.5) is 0 Å². The SMILES string of the molecule is C#CCOCc1cccc(C(C)(C)C)c1. The molecule has 0 saturated heterocycles. The first-order valence-electron chi connectivity index (χ1n) is 5.14. The molecule has 0 heterocycles. The van der Waals surface area contributed by atoms with E-state index in [0.29, 0.717) is 13.2 Å². The lowest BCUT2D eigenvalue weighted by Crippen LogP contribution is -2.11. The summed E-state index contributed by atoms with van der Waals surface area (Å²) in [5.74, 6) is 2.46. The molecule has 0 unspecified atom stereocenters. The first-order chi connectivity index (χ1) is 7.04. The molecule has 1 aromatic carbocycles. The third-order valence-corrected chi connectivity index (χ3v) is 2.25. The summed E-state index contributed by atoms with van der Waals surface area (Å²) < 4.78 is 5.30. The Bertz CT molecular complexity index is 352. The van der Waals surface area contributed by atoms with Gasteiger partial charge in [-0.3, -0.25) is 0 Å². The average molecular weight is 202 g/mol. The lowest BCUT2D eigenvalue weighted by Gasteiger charge is -2.19. The largest absolute Gasteiger partial charge is 0.364 e. The second-order valence-electron chi connectivity index (χ2n) is 4.65. The van der Waals surface area contributed by atoms with Crippen molar-refractivity contribution >= 4 is 0 Å². The van der Waals surface area contributed by atoms with Crippen LogP contribution < -0.4 is 0 Å². The van der Waals surface area contributed by atoms with Crippen molar-refractivity contribution < 1.29 is 4.74 Å². The van der Waals surface area contributed by atoms with Crippen molar-refractivity contribution in [1.82, 2.24) is 0 Å². The van der Waals surface area contributed by atoms with E-state index in [1.807, 2.05) is 0 Å². The maximum atomic E-state index is 5.30. The van der Waals surface area contributed by atoms with Crippen molar-refractivity contribution in [3.05, 3.63) is 35.4 Å². The van der Waals surface area contributed by atoms with Gasteiger partial charge in [-0.15, -0.1) is 6.42 Å². The molecule has 0 amide bonds. The summed E-state index contributed by atoms with van der Waals surface area (Å²) in [6, 6.07) is 8.45. The second-order valence-corrected chi connectivity index (χ2v) is 4.65. The van der Waals surface area contributed by atoms with Gasteiger partial charge < -0.3 is 4.74 Å². The van der Waals surface area contributed by atoms with Crippen LogP contribution in [0.3, 0.4) is 0 Å². The average Bonchev–Trinajstić information content (AvgIpc) is 2.17. The first-order valence-corrected chi connectivity index (χ1v) is 5.14. The van der Waals surface area contributed by atoms with E-state index in [2.05, 4.69) is 51.0 Å². The highest BCUT2D eigenvalue weighted by atomic mass is 16.5. The van der Waals surface area contributed by atoms with Crippen LogP contribution >= 0.6 is 0 Å². The number of hydrogen-bond acceptors (Lipinski definition) is 1. The van der Waals surface area contributed by atoms with Crippen LogP contribution in [0.1, 0.15) is 31.9 Å². The van der Waals surface area contributed by atoms with Gasteiger partial charge in [0.2, 0.25) is 0 Å². The van der Waals surface area contributed by atoms with E-state index in [1.165, 1.54) is 11.1 Å². The Hall–Kier alpha value is -1.26. The van der Waals surface area contributed by atoms with Gasteiger partial charge in [0.15, 0.2) is 0 Å². The summed E-state index contributed by atoms with van der Waals surface area (Å²) in [6.07, 6.45) is 5.12. The first kappa shape index (κ1) is 11.8. The molecule has 1 aromatic rings. The van der Waals surface area contributed by atoms with Crippen molar-refractivity contribution in [2.24, 2.45) is 0 Å². The summed E-state index contributed by atoms with van der Waals surface area (Å²) >= 11 is 0. The third-order valence-electron chi connectivity index (χ3n) is 2.25. The lowest BCUT2D eigenvalue weighted by atomic mass is 9.86. The van der Waals surface area contributed by atoms with Crippen LogP contribution in [-0.4, -0.2) is 6.61 Å². The molecule has 15 heavy (non-hydrogen) atoms. The van der Waals surface area contributed by atoms with Gasteiger partial charge in [0.05, 0.1) is 6.61 Å². The molecule has 0 atom stereocenters. The molecule has 0 aromatic heterocycles. The summed E-state index contributed by atoms with van der Waals surface area (Å²) in [7, 11) is 0. The van der Waals surface area contributed by atoms with E-state index in [-0.39, 0.29) is 5.41 Å². The third kappa shape index (κ3) is 3.77. The normalized spacial score (nSPS) is 11.1. The fourth-order valence-corrected chi connectivity index (χ4v) is 1.36. The Morgan fingerprint density at radius 1 is 1.33 bits per heavy atom. The Balaban J connectivity index is 2.71. The number of benzene rings is 1.